The Morgan fingerprint density at radius 2 is 1.03 bits per heavy atom. The molecular formula is C45H43Br4F12I2N2NaO6Si. The van der Waals surface area contributed by atoms with E-state index in [1.807, 2.05) is 64.8 Å². The minimum atomic E-state index is -4.51. The Balaban J connectivity index is 0. The molecule has 8 nitrogen and oxygen atoms in total. The molecule has 73 heavy (non-hydrogen) atoms. The number of hydrogen-bond donors (Lipinski definition) is 3. The molecular weight excluding hydrogens is 1520 g/mol. The van der Waals surface area contributed by atoms with Gasteiger partial charge in [0.2, 0.25) is 0 Å². The fraction of sp³-hybridized carbons (Fsp3) is 0.333. The van der Waals surface area contributed by atoms with Gasteiger partial charge in [-0.05, 0) is 118 Å². The summed E-state index contributed by atoms with van der Waals surface area (Å²) < 4.78 is 161. The zero-order valence-electron chi connectivity index (χ0n) is 39.5. The molecule has 1 aromatic heterocycles. The normalized spacial score (nSPS) is 11.1. The third-order valence-corrected chi connectivity index (χ3v) is 13.4. The fourth-order valence-electron chi connectivity index (χ4n) is 4.83. The van der Waals surface area contributed by atoms with Crippen molar-refractivity contribution in [2.75, 3.05) is 33.2 Å². The average molecular weight is 1560 g/mol. The molecule has 0 atom stereocenters. The summed E-state index contributed by atoms with van der Waals surface area (Å²) in [5, 5.41) is 17.3. The number of carbonyl (C=O) groups excluding carboxylic acids is 2. The number of nitrogen functional groups attached to an aromatic ring is 1. The van der Waals surface area contributed by atoms with Crippen molar-refractivity contribution < 1.29 is 112 Å². The van der Waals surface area contributed by atoms with Gasteiger partial charge >= 0.3 is 66.2 Å². The molecule has 0 aliphatic heterocycles. The molecule has 0 bridgehead atoms. The van der Waals surface area contributed by atoms with Crippen LogP contribution in [0.25, 0.3) is 10.9 Å². The van der Waals surface area contributed by atoms with Gasteiger partial charge in [0, 0.05) is 60.0 Å². The van der Waals surface area contributed by atoms with E-state index in [4.69, 9.17) is 15.9 Å². The number of hydrogen-bond acceptors (Lipinski definition) is 7. The Hall–Kier alpha value is -1.60. The standard InChI is InChI=1S/C15H16BrF3O2Si.C10H7BrF3IO2.C9H5BrF3N.C7H4BrF3IN.C2H6O.C2H5O.Na/c1-21-14(20)9-11-7-12(15(17,18)19)13(16)8-10(11)5-6-22(2,3)4;1-17-9(16)3-5-2-6(10(12,13)14)7(11)4-8(5)15;10-7-3-5-1-2-14-8(5)4-6(7)9(11,12)13;8-4-2-5(12)6(13)1-3(4)7(9,10)11;2*1-2-3;/h7-8H,9H2,1-4H3;2,4H,3H2,1H3;1-4,14H;1-2H,13H2;3H,2H2,1H3;2H2,1H3;/q;;;;;-1;+1. The summed E-state index contributed by atoms with van der Waals surface area (Å²) >= 11 is 15.3. The Bertz CT molecular complexity index is 2650. The van der Waals surface area contributed by atoms with Gasteiger partial charge in [0.25, 0.3) is 0 Å². The first-order valence-electron chi connectivity index (χ1n) is 19.8. The van der Waals surface area contributed by atoms with Crippen molar-refractivity contribution in [1.82, 2.24) is 4.98 Å². The summed E-state index contributed by atoms with van der Waals surface area (Å²) in [6.07, 6.45) is -16.5. The molecule has 0 spiro atoms. The molecule has 0 aliphatic rings. The zero-order chi connectivity index (χ0) is 56.3. The van der Waals surface area contributed by atoms with Gasteiger partial charge in [-0.25, -0.2) is 0 Å². The molecule has 0 saturated heterocycles. The Labute approximate surface area is 497 Å². The molecule has 0 aliphatic carbocycles. The fourth-order valence-corrected chi connectivity index (χ4v) is 9.61. The van der Waals surface area contributed by atoms with Crippen LogP contribution >= 0.6 is 109 Å². The van der Waals surface area contributed by atoms with E-state index in [2.05, 4.69) is 89.6 Å². The number of rotatable bonds is 4. The summed E-state index contributed by atoms with van der Waals surface area (Å²) in [5.74, 6) is 1.73. The number of aromatic nitrogens is 1. The number of aromatic amines is 1. The number of ether oxygens (including phenoxy) is 2. The van der Waals surface area contributed by atoms with Gasteiger partial charge in [-0.3, -0.25) is 9.59 Å². The maximum atomic E-state index is 13.0. The molecule has 400 valence electrons. The van der Waals surface area contributed by atoms with E-state index in [0.29, 0.717) is 23.8 Å². The number of aliphatic hydroxyl groups excluding tert-OH is 1. The summed E-state index contributed by atoms with van der Waals surface area (Å²) in [6.45, 7) is 9.58. The van der Waals surface area contributed by atoms with Crippen molar-refractivity contribution in [3.05, 3.63) is 125 Å². The molecule has 1 heterocycles. The van der Waals surface area contributed by atoms with Gasteiger partial charge in [0.05, 0.1) is 49.3 Å². The third-order valence-electron chi connectivity index (χ3n) is 7.97. The van der Waals surface area contributed by atoms with Crippen LogP contribution < -0.4 is 40.4 Å². The molecule has 0 fully saturated rings. The minimum Gasteiger partial charge on any atom is -0.855 e. The van der Waals surface area contributed by atoms with Crippen molar-refractivity contribution in [3.8, 4) is 11.5 Å². The molecule has 0 unspecified atom stereocenters. The van der Waals surface area contributed by atoms with E-state index < -0.39 is 67.0 Å². The second kappa shape index (κ2) is 33.0. The van der Waals surface area contributed by atoms with Crippen molar-refractivity contribution >= 4 is 146 Å². The second-order valence-electron chi connectivity index (χ2n) is 14.8. The predicted octanol–water partition coefficient (Wildman–Crippen LogP) is 12.2. The first-order valence-corrected chi connectivity index (χ1v) is 28.6. The molecule has 4 aromatic carbocycles. The molecule has 0 radical (unpaired) electrons. The number of anilines is 1. The van der Waals surface area contributed by atoms with Gasteiger partial charge in [0.15, 0.2) is 0 Å². The van der Waals surface area contributed by atoms with Gasteiger partial charge in [-0.15, -0.1) is 12.2 Å². The summed E-state index contributed by atoms with van der Waals surface area (Å²) in [6, 6.07) is 11.1. The third kappa shape index (κ3) is 27.0. The van der Waals surface area contributed by atoms with Crippen LogP contribution in [0.2, 0.25) is 19.6 Å². The van der Waals surface area contributed by atoms with Crippen LogP contribution in [-0.4, -0.2) is 57.5 Å². The predicted molar refractivity (Wildman–Crippen MR) is 283 cm³/mol. The number of alkyl halides is 12. The number of fused-ring (bicyclic) bond motifs is 1. The van der Waals surface area contributed by atoms with E-state index in [9.17, 15) is 62.3 Å². The van der Waals surface area contributed by atoms with Crippen molar-refractivity contribution in [2.24, 2.45) is 0 Å². The molecule has 5 aromatic rings. The Morgan fingerprint density at radius 3 is 1.44 bits per heavy atom. The summed E-state index contributed by atoms with van der Waals surface area (Å²) in [7, 11) is 0.693. The monoisotopic (exact) mass is 1560 g/mol. The van der Waals surface area contributed by atoms with Crippen LogP contribution in [0.4, 0.5) is 58.4 Å². The molecule has 0 saturated carbocycles. The van der Waals surface area contributed by atoms with Crippen LogP contribution in [0, 0.1) is 18.6 Å². The number of benzene rings is 4. The van der Waals surface area contributed by atoms with E-state index in [1.54, 1.807) is 26.1 Å². The van der Waals surface area contributed by atoms with E-state index in [-0.39, 0.29) is 84.8 Å². The van der Waals surface area contributed by atoms with Gasteiger partial charge in [-0.2, -0.15) is 52.7 Å². The molecule has 28 heteroatoms. The zero-order valence-corrected chi connectivity index (χ0v) is 53.1. The minimum absolute atomic E-state index is 0. The van der Waals surface area contributed by atoms with Gasteiger partial charge < -0.3 is 30.4 Å². The van der Waals surface area contributed by atoms with Crippen LogP contribution in [0.15, 0.2) is 78.7 Å². The van der Waals surface area contributed by atoms with Crippen molar-refractivity contribution in [3.63, 3.8) is 0 Å². The van der Waals surface area contributed by atoms with Gasteiger partial charge in [0.1, 0.15) is 8.07 Å². The second-order valence-corrected chi connectivity index (χ2v) is 25.3. The van der Waals surface area contributed by atoms with Crippen LogP contribution in [-0.2, 0) is 56.6 Å². The van der Waals surface area contributed by atoms with Gasteiger partial charge in [-0.1, -0.05) is 96.2 Å². The summed E-state index contributed by atoms with van der Waals surface area (Å²) in [4.78, 5) is 25.2. The molecule has 4 N–H and O–H groups in total. The summed E-state index contributed by atoms with van der Waals surface area (Å²) in [5.41, 5.74) is 6.97. The van der Waals surface area contributed by atoms with E-state index in [1.165, 1.54) is 38.5 Å². The van der Waals surface area contributed by atoms with Crippen molar-refractivity contribution in [2.45, 2.75) is 71.0 Å². The molecule has 0 amide bonds. The first-order chi connectivity index (χ1) is 32.8. The quantitative estimate of drug-likeness (QED) is 0.0407. The Kier molecular flexibility index (Phi) is 33.2. The largest absolute Gasteiger partial charge is 1.00 e. The Morgan fingerprint density at radius 1 is 0.671 bits per heavy atom. The van der Waals surface area contributed by atoms with Crippen LogP contribution in [0.1, 0.15) is 52.8 Å². The smallest absolute Gasteiger partial charge is 0.855 e. The molecule has 5 rings (SSSR count). The number of H-pyrrole nitrogens is 1. The number of aliphatic hydroxyl groups is 1. The number of methoxy groups -OCH3 is 2. The van der Waals surface area contributed by atoms with E-state index >= 15 is 0 Å². The van der Waals surface area contributed by atoms with Crippen LogP contribution in [0.3, 0.4) is 0 Å². The topological polar surface area (TPSA) is 138 Å². The average Bonchev–Trinajstić information content (AvgIpc) is 3.69. The number of carbonyl (C=O) groups is 2. The van der Waals surface area contributed by atoms with Crippen LogP contribution in [0.5, 0.6) is 0 Å². The number of nitrogens with two attached hydrogens (primary N) is 1. The first kappa shape index (κ1) is 73.5. The maximum absolute atomic E-state index is 13.0. The SMILES string of the molecule is CCO.CC[O-].COC(=O)Cc1cc(C(F)(F)F)c(Br)cc1C#C[Si](C)(C)C.COC(=O)Cc1cc(C(F)(F)F)c(Br)cc1I.FC(F)(F)c1cc2[nH]ccc2cc1Br.Nc1cc(C(F)(F)F)c(Br)cc1I.[Na+]. The van der Waals surface area contributed by atoms with Crippen molar-refractivity contribution in [1.29, 1.82) is 0 Å². The maximum Gasteiger partial charge on any atom is 1.00 e. The van der Waals surface area contributed by atoms with E-state index in [0.717, 1.165) is 29.7 Å². The number of nitrogens with one attached hydrogen (secondary N) is 1. The number of esters is 2. The number of halogens is 18.